The summed E-state index contributed by atoms with van der Waals surface area (Å²) >= 11 is 0. The zero-order chi connectivity index (χ0) is 30.8. The molecule has 3 fully saturated rings. The van der Waals surface area contributed by atoms with E-state index in [-0.39, 0.29) is 17.5 Å². The summed E-state index contributed by atoms with van der Waals surface area (Å²) in [5, 5.41) is 9.05. The topological polar surface area (TPSA) is 157 Å². The Hall–Kier alpha value is -4.26. The second kappa shape index (κ2) is 12.4. The number of imidazole rings is 1. The van der Waals surface area contributed by atoms with E-state index in [4.69, 9.17) is 5.73 Å². The summed E-state index contributed by atoms with van der Waals surface area (Å²) in [7, 11) is 1.74. The predicted octanol–water partition coefficient (Wildman–Crippen LogP) is 3.36. The Kier molecular flexibility index (Phi) is 8.39. The number of amides is 2. The molecule has 4 heterocycles. The number of halogens is 1. The first-order valence-corrected chi connectivity index (χ1v) is 15.6. The minimum atomic E-state index is -0.489. The number of nitrogens with zero attached hydrogens (tertiary/aromatic N) is 5. The third-order valence-corrected chi connectivity index (χ3v) is 9.25. The first-order chi connectivity index (χ1) is 21.3. The number of nitrogens with two attached hydrogens (primary N) is 1. The van der Waals surface area contributed by atoms with Gasteiger partial charge in [0.05, 0.1) is 34.4 Å². The largest absolute Gasteiger partial charge is 0.367 e. The van der Waals surface area contributed by atoms with E-state index in [1.165, 1.54) is 6.07 Å². The molecule has 2 saturated heterocycles. The molecule has 0 radical (unpaired) electrons. The average molecular weight is 605 g/mol. The van der Waals surface area contributed by atoms with Crippen LogP contribution in [0, 0.1) is 17.2 Å². The van der Waals surface area contributed by atoms with Crippen LogP contribution in [0.4, 0.5) is 27.5 Å². The molecule has 1 aromatic carbocycles. The van der Waals surface area contributed by atoms with Gasteiger partial charge in [0.2, 0.25) is 11.9 Å². The van der Waals surface area contributed by atoms with E-state index < -0.39 is 11.3 Å². The van der Waals surface area contributed by atoms with Gasteiger partial charge in [-0.25, -0.2) is 14.4 Å². The van der Waals surface area contributed by atoms with Crippen LogP contribution < -0.4 is 31.5 Å². The molecule has 0 bridgehead atoms. The van der Waals surface area contributed by atoms with Crippen molar-refractivity contribution in [3.05, 3.63) is 42.1 Å². The number of aromatic nitrogens is 4. The number of aromatic amines is 1. The molecule has 1 atom stereocenters. The molecule has 0 unspecified atom stereocenters. The van der Waals surface area contributed by atoms with Crippen molar-refractivity contribution in [1.29, 1.82) is 0 Å². The van der Waals surface area contributed by atoms with Crippen LogP contribution in [0.1, 0.15) is 56.1 Å². The van der Waals surface area contributed by atoms with Gasteiger partial charge < -0.3 is 36.5 Å². The van der Waals surface area contributed by atoms with Gasteiger partial charge in [-0.3, -0.25) is 9.59 Å². The number of hydrogen-bond donors (Lipinski definition) is 5. The van der Waals surface area contributed by atoms with Crippen LogP contribution in [0.15, 0.2) is 30.5 Å². The lowest BCUT2D eigenvalue weighted by Crippen LogP contribution is -2.43. The van der Waals surface area contributed by atoms with Gasteiger partial charge in [0.25, 0.3) is 5.91 Å². The Morgan fingerprint density at radius 3 is 2.64 bits per heavy atom. The molecule has 2 amide bonds. The fourth-order valence-corrected chi connectivity index (χ4v) is 6.19. The summed E-state index contributed by atoms with van der Waals surface area (Å²) in [5.41, 5.74) is 7.23. The number of carbonyl (C=O) groups excluding carboxylic acids is 2. The second-order valence-corrected chi connectivity index (χ2v) is 12.1. The van der Waals surface area contributed by atoms with Crippen molar-refractivity contribution >= 4 is 35.0 Å². The molecular weight excluding hydrogens is 563 g/mol. The zero-order valence-corrected chi connectivity index (χ0v) is 25.3. The molecule has 6 rings (SSSR count). The van der Waals surface area contributed by atoms with Crippen LogP contribution in [0.3, 0.4) is 0 Å². The molecule has 1 aliphatic carbocycles. The second-order valence-electron chi connectivity index (χ2n) is 12.1. The molecule has 3 aromatic rings. The monoisotopic (exact) mass is 604 g/mol. The van der Waals surface area contributed by atoms with Gasteiger partial charge in [-0.15, -0.1) is 0 Å². The highest BCUT2D eigenvalue weighted by atomic mass is 19.1. The number of anilines is 4. The number of carbonyl (C=O) groups is 2. The molecule has 13 heteroatoms. The maximum atomic E-state index is 15.0. The normalized spacial score (nSPS) is 20.5. The average Bonchev–Trinajstić information content (AvgIpc) is 3.52. The molecule has 44 heavy (non-hydrogen) atoms. The molecular formula is C31H41FN10O2. The van der Waals surface area contributed by atoms with Crippen molar-refractivity contribution in [2.45, 2.75) is 51.5 Å². The number of piperidine rings is 1. The van der Waals surface area contributed by atoms with E-state index in [0.717, 1.165) is 38.5 Å². The minimum Gasteiger partial charge on any atom is -0.367 e. The van der Waals surface area contributed by atoms with Gasteiger partial charge in [0.1, 0.15) is 11.6 Å². The molecule has 234 valence electrons. The minimum absolute atomic E-state index is 0.0751. The standard InChI is InChI=1S/C31H41FN10O2/c1-3-31(29(44)36-20-7-8-20)11-14-42(18-31)25-15-23(39-30(34-2)40-25)24-17-35-27(37-24)28(43)38-22-6-4-5-21(32)26(22)41-12-9-19(16-33)10-13-41/h4-6,15,17,19-20H,3,7-14,16,18,33H2,1-2H3,(H,35,37)(H,36,44)(H,38,43)(H,34,39,40)/t31-/m1/s1. The molecule has 12 nitrogen and oxygen atoms in total. The first kappa shape index (κ1) is 29.8. The van der Waals surface area contributed by atoms with Crippen molar-refractivity contribution in [3.63, 3.8) is 0 Å². The summed E-state index contributed by atoms with van der Waals surface area (Å²) in [6.45, 7) is 5.28. The fraction of sp³-hybridized carbons (Fsp3) is 0.516. The van der Waals surface area contributed by atoms with E-state index in [2.05, 4.69) is 47.7 Å². The smallest absolute Gasteiger partial charge is 0.291 e. The summed E-state index contributed by atoms with van der Waals surface area (Å²) in [6.07, 6.45) is 6.90. The molecule has 1 saturated carbocycles. The Morgan fingerprint density at radius 2 is 1.93 bits per heavy atom. The predicted molar refractivity (Wildman–Crippen MR) is 168 cm³/mol. The van der Waals surface area contributed by atoms with Crippen molar-refractivity contribution in [1.82, 2.24) is 25.3 Å². The first-order valence-electron chi connectivity index (χ1n) is 15.6. The third-order valence-electron chi connectivity index (χ3n) is 9.25. The fourth-order valence-electron chi connectivity index (χ4n) is 6.19. The number of benzene rings is 1. The Balaban J connectivity index is 1.19. The third kappa shape index (κ3) is 6.05. The number of hydrogen-bond acceptors (Lipinski definition) is 9. The van der Waals surface area contributed by atoms with Gasteiger partial charge in [0.15, 0.2) is 5.82 Å². The summed E-state index contributed by atoms with van der Waals surface area (Å²) in [6, 6.07) is 6.84. The summed E-state index contributed by atoms with van der Waals surface area (Å²) < 4.78 is 15.0. The van der Waals surface area contributed by atoms with Crippen LogP contribution in [0.5, 0.6) is 0 Å². The highest BCUT2D eigenvalue weighted by Crippen LogP contribution is 2.38. The van der Waals surface area contributed by atoms with E-state index in [9.17, 15) is 9.59 Å². The van der Waals surface area contributed by atoms with Gasteiger partial charge in [0, 0.05) is 45.3 Å². The lowest BCUT2D eigenvalue weighted by molar-refractivity contribution is -0.130. The molecule has 2 aliphatic heterocycles. The van der Waals surface area contributed by atoms with Crippen molar-refractivity contribution in [3.8, 4) is 11.4 Å². The number of para-hydroxylation sites is 1. The Bertz CT molecular complexity index is 1520. The van der Waals surface area contributed by atoms with Gasteiger partial charge in [-0.1, -0.05) is 13.0 Å². The van der Waals surface area contributed by atoms with Crippen molar-refractivity contribution in [2.24, 2.45) is 17.1 Å². The Labute approximate surface area is 256 Å². The molecule has 2 aromatic heterocycles. The highest BCUT2D eigenvalue weighted by molar-refractivity contribution is 6.04. The SMILES string of the molecule is CC[C@@]1(C(=O)NC2CC2)CCN(c2cc(-c3cnc(C(=O)Nc4cccc(F)c4N4CCC(CN)CC4)[nH]3)nc(NC)n2)C1. The van der Waals surface area contributed by atoms with E-state index in [1.54, 1.807) is 25.4 Å². The van der Waals surface area contributed by atoms with E-state index >= 15 is 4.39 Å². The lowest BCUT2D eigenvalue weighted by atomic mass is 9.83. The lowest BCUT2D eigenvalue weighted by Gasteiger charge is -2.34. The molecule has 6 N–H and O–H groups in total. The van der Waals surface area contributed by atoms with Crippen LogP contribution in [-0.2, 0) is 4.79 Å². The summed E-state index contributed by atoms with van der Waals surface area (Å²) in [4.78, 5) is 47.2. The number of rotatable bonds is 10. The Morgan fingerprint density at radius 1 is 1.14 bits per heavy atom. The van der Waals surface area contributed by atoms with Gasteiger partial charge in [-0.2, -0.15) is 4.98 Å². The van der Waals surface area contributed by atoms with E-state index in [1.807, 2.05) is 11.0 Å². The highest BCUT2D eigenvalue weighted by Gasteiger charge is 2.45. The quantitative estimate of drug-likeness (QED) is 0.234. The van der Waals surface area contributed by atoms with Gasteiger partial charge >= 0.3 is 0 Å². The zero-order valence-electron chi connectivity index (χ0n) is 25.3. The van der Waals surface area contributed by atoms with Crippen molar-refractivity contribution < 1.29 is 14.0 Å². The van der Waals surface area contributed by atoms with E-state index in [0.29, 0.717) is 79.2 Å². The molecule has 3 aliphatic rings. The van der Waals surface area contributed by atoms with Gasteiger partial charge in [-0.05, 0) is 63.1 Å². The van der Waals surface area contributed by atoms with Crippen LogP contribution in [0.2, 0.25) is 0 Å². The summed E-state index contributed by atoms with van der Waals surface area (Å²) in [5.74, 6) is 0.854. The van der Waals surface area contributed by atoms with Crippen LogP contribution >= 0.6 is 0 Å². The molecule has 0 spiro atoms. The maximum absolute atomic E-state index is 15.0. The van der Waals surface area contributed by atoms with Crippen molar-refractivity contribution in [2.75, 3.05) is 60.2 Å². The number of H-pyrrole nitrogens is 1. The number of nitrogens with one attached hydrogen (secondary N) is 4. The van der Waals surface area contributed by atoms with Crippen LogP contribution in [-0.4, -0.2) is 77.6 Å². The van der Waals surface area contributed by atoms with Crippen LogP contribution in [0.25, 0.3) is 11.4 Å². The maximum Gasteiger partial charge on any atom is 0.291 e.